The predicted octanol–water partition coefficient (Wildman–Crippen LogP) is 4.47. The summed E-state index contributed by atoms with van der Waals surface area (Å²) in [7, 11) is 0. The average Bonchev–Trinajstić information content (AvgIpc) is 2.68. The molecule has 1 amide bonds. The fourth-order valence-electron chi connectivity index (χ4n) is 2.49. The summed E-state index contributed by atoms with van der Waals surface area (Å²) in [6, 6.07) is 18.3. The summed E-state index contributed by atoms with van der Waals surface area (Å²) in [5.41, 5.74) is 3.37. The molecule has 134 valence electrons. The number of hydrogen-bond acceptors (Lipinski definition) is 5. The van der Waals surface area contributed by atoms with Crippen molar-refractivity contribution in [2.75, 3.05) is 10.6 Å². The van der Waals surface area contributed by atoms with Gasteiger partial charge in [-0.15, -0.1) is 0 Å². The molecular formula is C21H19N5O. The SMILES string of the molecule is CC(C)c1ccc(NC(=O)c2ccnc(Nc3cccc(C#N)c3)n2)cc1. The van der Waals surface area contributed by atoms with Gasteiger partial charge < -0.3 is 10.6 Å². The molecule has 3 rings (SSSR count). The van der Waals surface area contributed by atoms with Gasteiger partial charge >= 0.3 is 0 Å². The molecule has 0 aliphatic heterocycles. The number of aromatic nitrogens is 2. The first-order chi connectivity index (χ1) is 13.0. The lowest BCUT2D eigenvalue weighted by atomic mass is 10.0. The van der Waals surface area contributed by atoms with Gasteiger partial charge in [0.25, 0.3) is 5.91 Å². The highest BCUT2D eigenvalue weighted by molar-refractivity contribution is 6.03. The van der Waals surface area contributed by atoms with E-state index in [0.29, 0.717) is 22.9 Å². The third-order valence-corrected chi connectivity index (χ3v) is 3.97. The Kier molecular flexibility index (Phi) is 5.43. The summed E-state index contributed by atoms with van der Waals surface area (Å²) in [4.78, 5) is 20.8. The molecule has 0 saturated heterocycles. The number of hydrogen-bond donors (Lipinski definition) is 2. The molecule has 27 heavy (non-hydrogen) atoms. The van der Waals surface area contributed by atoms with Crippen molar-refractivity contribution in [3.63, 3.8) is 0 Å². The van der Waals surface area contributed by atoms with E-state index in [2.05, 4.69) is 40.5 Å². The minimum Gasteiger partial charge on any atom is -0.324 e. The first kappa shape index (κ1) is 18.1. The Balaban J connectivity index is 1.72. The molecule has 3 aromatic rings. The number of carbonyl (C=O) groups is 1. The van der Waals surface area contributed by atoms with Gasteiger partial charge in [-0.05, 0) is 47.9 Å². The monoisotopic (exact) mass is 357 g/mol. The lowest BCUT2D eigenvalue weighted by molar-refractivity contribution is 0.102. The largest absolute Gasteiger partial charge is 0.324 e. The zero-order chi connectivity index (χ0) is 19.2. The van der Waals surface area contributed by atoms with Crippen LogP contribution in [0.2, 0.25) is 0 Å². The van der Waals surface area contributed by atoms with E-state index >= 15 is 0 Å². The van der Waals surface area contributed by atoms with Crippen molar-refractivity contribution in [3.05, 3.63) is 77.6 Å². The van der Waals surface area contributed by atoms with Crippen LogP contribution in [0.5, 0.6) is 0 Å². The van der Waals surface area contributed by atoms with Crippen LogP contribution in [0.15, 0.2) is 60.8 Å². The quantitative estimate of drug-likeness (QED) is 0.703. The van der Waals surface area contributed by atoms with Gasteiger partial charge in [-0.3, -0.25) is 4.79 Å². The first-order valence-electron chi connectivity index (χ1n) is 8.56. The number of nitrogens with one attached hydrogen (secondary N) is 2. The van der Waals surface area contributed by atoms with Crippen molar-refractivity contribution < 1.29 is 4.79 Å². The van der Waals surface area contributed by atoms with E-state index in [-0.39, 0.29) is 17.5 Å². The maximum Gasteiger partial charge on any atom is 0.274 e. The molecule has 6 heteroatoms. The second kappa shape index (κ2) is 8.11. The third kappa shape index (κ3) is 4.67. The third-order valence-electron chi connectivity index (χ3n) is 3.97. The summed E-state index contributed by atoms with van der Waals surface area (Å²) < 4.78 is 0. The van der Waals surface area contributed by atoms with Crippen LogP contribution in [0.3, 0.4) is 0 Å². The molecule has 0 aliphatic carbocycles. The highest BCUT2D eigenvalue weighted by atomic mass is 16.1. The summed E-state index contributed by atoms with van der Waals surface area (Å²) in [6.07, 6.45) is 1.51. The number of anilines is 3. The number of nitrogens with zero attached hydrogens (tertiary/aromatic N) is 3. The van der Waals surface area contributed by atoms with Crippen LogP contribution in [0, 0.1) is 11.3 Å². The second-order valence-electron chi connectivity index (χ2n) is 6.31. The number of amides is 1. The van der Waals surface area contributed by atoms with Gasteiger partial charge in [0.05, 0.1) is 11.6 Å². The van der Waals surface area contributed by atoms with E-state index in [0.717, 1.165) is 0 Å². The van der Waals surface area contributed by atoms with Gasteiger partial charge in [0.15, 0.2) is 0 Å². The number of nitriles is 1. The van der Waals surface area contributed by atoms with Crippen LogP contribution >= 0.6 is 0 Å². The molecule has 0 atom stereocenters. The van der Waals surface area contributed by atoms with Crippen molar-refractivity contribution in [3.8, 4) is 6.07 Å². The fraction of sp³-hybridized carbons (Fsp3) is 0.143. The molecule has 0 bridgehead atoms. The summed E-state index contributed by atoms with van der Waals surface area (Å²) in [6.45, 7) is 4.24. The van der Waals surface area contributed by atoms with Crippen molar-refractivity contribution in [2.24, 2.45) is 0 Å². The van der Waals surface area contributed by atoms with Gasteiger partial charge in [-0.2, -0.15) is 5.26 Å². The topological polar surface area (TPSA) is 90.7 Å². The van der Waals surface area contributed by atoms with E-state index in [4.69, 9.17) is 5.26 Å². The Hall–Kier alpha value is -3.72. The van der Waals surface area contributed by atoms with Crippen LogP contribution < -0.4 is 10.6 Å². The zero-order valence-electron chi connectivity index (χ0n) is 15.1. The predicted molar refractivity (Wildman–Crippen MR) is 105 cm³/mol. The summed E-state index contributed by atoms with van der Waals surface area (Å²) >= 11 is 0. The minimum absolute atomic E-state index is 0.247. The molecule has 6 nitrogen and oxygen atoms in total. The molecule has 0 fully saturated rings. The standard InChI is InChI=1S/C21H19N5O/c1-14(2)16-6-8-17(9-7-16)24-20(27)19-10-11-23-21(26-19)25-18-5-3-4-15(12-18)13-22/h3-12,14H,1-2H3,(H,24,27)(H,23,25,26). The maximum absolute atomic E-state index is 12.5. The number of benzene rings is 2. The van der Waals surface area contributed by atoms with Gasteiger partial charge in [-0.1, -0.05) is 32.0 Å². The Morgan fingerprint density at radius 3 is 2.56 bits per heavy atom. The van der Waals surface area contributed by atoms with Crippen LogP contribution in [0.4, 0.5) is 17.3 Å². The van der Waals surface area contributed by atoms with Crippen molar-refractivity contribution in [2.45, 2.75) is 19.8 Å². The average molecular weight is 357 g/mol. The van der Waals surface area contributed by atoms with Gasteiger partial charge in [0.2, 0.25) is 5.95 Å². The van der Waals surface area contributed by atoms with E-state index in [1.54, 1.807) is 30.3 Å². The Morgan fingerprint density at radius 1 is 1.07 bits per heavy atom. The maximum atomic E-state index is 12.5. The van der Waals surface area contributed by atoms with E-state index < -0.39 is 0 Å². The van der Waals surface area contributed by atoms with Crippen LogP contribution in [-0.2, 0) is 0 Å². The molecule has 0 saturated carbocycles. The number of carbonyl (C=O) groups excluding carboxylic acids is 1. The van der Waals surface area contributed by atoms with Gasteiger partial charge in [-0.25, -0.2) is 9.97 Å². The molecule has 2 N–H and O–H groups in total. The van der Waals surface area contributed by atoms with E-state index in [1.807, 2.05) is 24.3 Å². The Morgan fingerprint density at radius 2 is 1.85 bits per heavy atom. The molecule has 0 aliphatic rings. The van der Waals surface area contributed by atoms with Crippen molar-refractivity contribution in [1.29, 1.82) is 5.26 Å². The highest BCUT2D eigenvalue weighted by Gasteiger charge is 2.10. The second-order valence-corrected chi connectivity index (χ2v) is 6.31. The molecule has 0 unspecified atom stereocenters. The van der Waals surface area contributed by atoms with E-state index in [9.17, 15) is 4.79 Å². The summed E-state index contributed by atoms with van der Waals surface area (Å²) in [5.74, 6) is 0.404. The molecule has 1 aromatic heterocycles. The summed E-state index contributed by atoms with van der Waals surface area (Å²) in [5, 5.41) is 14.8. The smallest absolute Gasteiger partial charge is 0.274 e. The van der Waals surface area contributed by atoms with Crippen molar-refractivity contribution >= 4 is 23.2 Å². The van der Waals surface area contributed by atoms with Crippen molar-refractivity contribution in [1.82, 2.24) is 9.97 Å². The Bertz CT molecular complexity index is 990. The van der Waals surface area contributed by atoms with Crippen LogP contribution in [-0.4, -0.2) is 15.9 Å². The Labute approximate surface area is 157 Å². The minimum atomic E-state index is -0.316. The normalized spacial score (nSPS) is 10.3. The van der Waals surface area contributed by atoms with Crippen LogP contribution in [0.25, 0.3) is 0 Å². The molecule has 0 radical (unpaired) electrons. The highest BCUT2D eigenvalue weighted by Crippen LogP contribution is 2.18. The van der Waals surface area contributed by atoms with Gasteiger partial charge in [0.1, 0.15) is 5.69 Å². The van der Waals surface area contributed by atoms with Gasteiger partial charge in [0, 0.05) is 17.6 Å². The zero-order valence-corrected chi connectivity index (χ0v) is 15.1. The molecule has 1 heterocycles. The van der Waals surface area contributed by atoms with E-state index in [1.165, 1.54) is 11.8 Å². The molecule has 0 spiro atoms. The lowest BCUT2D eigenvalue weighted by Crippen LogP contribution is -2.14. The number of rotatable bonds is 5. The van der Waals surface area contributed by atoms with Crippen LogP contribution in [0.1, 0.15) is 41.4 Å². The fourth-order valence-corrected chi connectivity index (χ4v) is 2.49. The molecule has 2 aromatic carbocycles. The first-order valence-corrected chi connectivity index (χ1v) is 8.56. The lowest BCUT2D eigenvalue weighted by Gasteiger charge is -2.09. The molecular weight excluding hydrogens is 338 g/mol.